The van der Waals surface area contributed by atoms with Gasteiger partial charge in [-0.15, -0.1) is 0 Å². The van der Waals surface area contributed by atoms with E-state index in [-0.39, 0.29) is 5.56 Å². The van der Waals surface area contributed by atoms with Crippen molar-refractivity contribution in [3.05, 3.63) is 77.6 Å². The summed E-state index contributed by atoms with van der Waals surface area (Å²) in [7, 11) is 0. The van der Waals surface area contributed by atoms with Crippen LogP contribution in [0.1, 0.15) is 15.9 Å². The largest absolute Gasteiger partial charge is 0.395 e. The smallest absolute Gasteiger partial charge is 0.345 e. The number of esters is 1. The van der Waals surface area contributed by atoms with Gasteiger partial charge in [-0.25, -0.2) is 9.18 Å². The first-order chi connectivity index (χ1) is 9.15. The second-order valence-corrected chi connectivity index (χ2v) is 3.76. The molecule has 2 rings (SSSR count). The van der Waals surface area contributed by atoms with E-state index in [0.717, 1.165) is 6.08 Å². The summed E-state index contributed by atoms with van der Waals surface area (Å²) >= 11 is 0. The Morgan fingerprint density at radius 3 is 2.26 bits per heavy atom. The maximum absolute atomic E-state index is 13.4. The Balaban J connectivity index is 2.07. The van der Waals surface area contributed by atoms with Crippen LogP contribution in [0.25, 0.3) is 6.08 Å². The van der Waals surface area contributed by atoms with Crippen LogP contribution < -0.4 is 0 Å². The van der Waals surface area contributed by atoms with E-state index in [1.807, 2.05) is 0 Å². The molecular weight excluding hydrogens is 250 g/mol. The first kappa shape index (κ1) is 13.0. The highest BCUT2D eigenvalue weighted by Crippen LogP contribution is 2.12. The van der Waals surface area contributed by atoms with Gasteiger partial charge in [0.1, 0.15) is 5.82 Å². The maximum Gasteiger partial charge on any atom is 0.345 e. The minimum Gasteiger partial charge on any atom is -0.395 e. The van der Waals surface area contributed by atoms with Gasteiger partial charge in [-0.3, -0.25) is 0 Å². The van der Waals surface area contributed by atoms with Crippen molar-refractivity contribution in [1.29, 1.82) is 0 Å². The molecule has 0 aliphatic rings. The first-order valence-corrected chi connectivity index (χ1v) is 5.55. The molecule has 0 spiro atoms. The topological polar surface area (TPSA) is 26.3 Å². The Kier molecular flexibility index (Phi) is 4.03. The highest BCUT2D eigenvalue weighted by molar-refractivity contribution is 5.90. The van der Waals surface area contributed by atoms with Crippen LogP contribution in [0.15, 0.2) is 60.6 Å². The lowest BCUT2D eigenvalue weighted by molar-refractivity contribution is 0.0549. The molecule has 0 N–H and O–H groups in total. The number of hydrogen-bond donors (Lipinski definition) is 0. The zero-order chi connectivity index (χ0) is 13.7. The summed E-state index contributed by atoms with van der Waals surface area (Å²) in [6, 6.07) is 12.2. The highest BCUT2D eigenvalue weighted by atomic mass is 19.1. The van der Waals surface area contributed by atoms with Gasteiger partial charge in [-0.1, -0.05) is 30.3 Å². The lowest BCUT2D eigenvalue weighted by Gasteiger charge is -2.01. The molecule has 2 aromatic carbocycles. The van der Waals surface area contributed by atoms with Crippen molar-refractivity contribution in [2.75, 3.05) is 0 Å². The van der Waals surface area contributed by atoms with Gasteiger partial charge in [0.25, 0.3) is 6.01 Å². The van der Waals surface area contributed by atoms with Crippen LogP contribution in [-0.2, 0) is 4.74 Å². The van der Waals surface area contributed by atoms with Crippen LogP contribution >= 0.6 is 0 Å². The Morgan fingerprint density at radius 1 is 1.00 bits per heavy atom. The molecule has 0 amide bonds. The van der Waals surface area contributed by atoms with E-state index < -0.39 is 17.8 Å². The molecule has 0 aromatic heterocycles. The molecule has 0 saturated heterocycles. The van der Waals surface area contributed by atoms with E-state index in [1.54, 1.807) is 18.2 Å². The van der Waals surface area contributed by atoms with Gasteiger partial charge in [-0.05, 0) is 29.8 Å². The third-order valence-corrected chi connectivity index (χ3v) is 2.35. The summed E-state index contributed by atoms with van der Waals surface area (Å²) in [6.45, 7) is 0. The molecule has 0 radical (unpaired) electrons. The lowest BCUT2D eigenvalue weighted by atomic mass is 10.2. The highest BCUT2D eigenvalue weighted by Gasteiger charge is 2.09. The Bertz CT molecular complexity index is 589. The van der Waals surface area contributed by atoms with E-state index in [9.17, 15) is 13.6 Å². The van der Waals surface area contributed by atoms with Crippen LogP contribution in [0.5, 0.6) is 0 Å². The lowest BCUT2D eigenvalue weighted by Crippen LogP contribution is -2.02. The van der Waals surface area contributed by atoms with Crippen molar-refractivity contribution in [2.24, 2.45) is 0 Å². The zero-order valence-electron chi connectivity index (χ0n) is 9.85. The third-order valence-electron chi connectivity index (χ3n) is 2.35. The third kappa shape index (κ3) is 3.74. The molecule has 0 saturated carbocycles. The Labute approximate surface area is 108 Å². The molecule has 4 heteroatoms. The molecule has 2 aromatic rings. The van der Waals surface area contributed by atoms with E-state index >= 15 is 0 Å². The summed E-state index contributed by atoms with van der Waals surface area (Å²) in [6.07, 6.45) is 1.01. The maximum atomic E-state index is 13.4. The molecule has 0 atom stereocenters. The van der Waals surface area contributed by atoms with Crippen molar-refractivity contribution < 1.29 is 18.3 Å². The average molecular weight is 260 g/mol. The second kappa shape index (κ2) is 5.91. The first-order valence-electron chi connectivity index (χ1n) is 5.55. The fourth-order valence-corrected chi connectivity index (χ4v) is 1.44. The van der Waals surface area contributed by atoms with Gasteiger partial charge in [-0.2, -0.15) is 4.39 Å². The van der Waals surface area contributed by atoms with Gasteiger partial charge < -0.3 is 4.74 Å². The fourth-order valence-electron chi connectivity index (χ4n) is 1.44. The molecule has 0 bridgehead atoms. The number of halogens is 2. The number of rotatable bonds is 3. The molecule has 0 unspecified atom stereocenters. The summed E-state index contributed by atoms with van der Waals surface area (Å²) < 4.78 is 30.6. The van der Waals surface area contributed by atoms with Gasteiger partial charge in [0.2, 0.25) is 0 Å². The molecule has 0 fully saturated rings. The summed E-state index contributed by atoms with van der Waals surface area (Å²) in [5.74, 6) is -1.20. The van der Waals surface area contributed by atoms with Crippen molar-refractivity contribution in [3.63, 3.8) is 0 Å². The molecule has 0 aliphatic carbocycles. The van der Waals surface area contributed by atoms with Gasteiger partial charge in [0, 0.05) is 6.08 Å². The van der Waals surface area contributed by atoms with Gasteiger partial charge in [0.05, 0.1) is 5.56 Å². The Hall–Kier alpha value is -2.49. The van der Waals surface area contributed by atoms with Crippen LogP contribution in [0.2, 0.25) is 0 Å². The molecule has 19 heavy (non-hydrogen) atoms. The SMILES string of the molecule is O=C(O/C(F)=C/c1ccc(F)cc1)c1ccccc1. The van der Waals surface area contributed by atoms with Crippen LogP contribution in [0, 0.1) is 5.82 Å². The summed E-state index contributed by atoms with van der Waals surface area (Å²) in [5, 5.41) is 0. The van der Waals surface area contributed by atoms with Gasteiger partial charge >= 0.3 is 5.97 Å². The number of carbonyl (C=O) groups is 1. The van der Waals surface area contributed by atoms with Crippen LogP contribution in [-0.4, -0.2) is 5.97 Å². The minimum atomic E-state index is -1.04. The fraction of sp³-hybridized carbons (Fsp3) is 0. The second-order valence-electron chi connectivity index (χ2n) is 3.76. The molecule has 2 nitrogen and oxygen atoms in total. The minimum absolute atomic E-state index is 0.255. The van der Waals surface area contributed by atoms with Crippen LogP contribution in [0.3, 0.4) is 0 Å². The normalized spacial score (nSPS) is 11.2. The standard InChI is InChI=1S/C15H10F2O2/c16-13-8-6-11(7-9-13)10-14(17)19-15(18)12-4-2-1-3-5-12/h1-10H/b14-10+. The summed E-state index contributed by atoms with van der Waals surface area (Å²) in [4.78, 5) is 11.5. The average Bonchev–Trinajstić information content (AvgIpc) is 2.42. The predicted octanol–water partition coefficient (Wildman–Crippen LogP) is 3.95. The number of hydrogen-bond acceptors (Lipinski definition) is 2. The number of benzene rings is 2. The summed E-state index contributed by atoms with van der Waals surface area (Å²) in [5.41, 5.74) is 0.657. The number of carbonyl (C=O) groups excluding carboxylic acids is 1. The predicted molar refractivity (Wildman–Crippen MR) is 67.3 cm³/mol. The van der Waals surface area contributed by atoms with Crippen molar-refractivity contribution in [1.82, 2.24) is 0 Å². The van der Waals surface area contributed by atoms with Crippen molar-refractivity contribution >= 4 is 12.0 Å². The zero-order valence-corrected chi connectivity index (χ0v) is 9.85. The van der Waals surface area contributed by atoms with E-state index in [0.29, 0.717) is 5.56 Å². The molecule has 0 heterocycles. The molecular formula is C15H10F2O2. The Morgan fingerprint density at radius 2 is 1.63 bits per heavy atom. The van der Waals surface area contributed by atoms with Crippen molar-refractivity contribution in [2.45, 2.75) is 0 Å². The molecule has 96 valence electrons. The van der Waals surface area contributed by atoms with E-state index in [2.05, 4.69) is 4.74 Å². The van der Waals surface area contributed by atoms with E-state index in [4.69, 9.17) is 0 Å². The van der Waals surface area contributed by atoms with E-state index in [1.165, 1.54) is 36.4 Å². The van der Waals surface area contributed by atoms with Gasteiger partial charge in [0.15, 0.2) is 0 Å². The quantitative estimate of drug-likeness (QED) is 0.617. The molecule has 0 aliphatic heterocycles. The number of ether oxygens (including phenoxy) is 1. The van der Waals surface area contributed by atoms with Crippen molar-refractivity contribution in [3.8, 4) is 0 Å². The van der Waals surface area contributed by atoms with Crippen LogP contribution in [0.4, 0.5) is 8.78 Å². The monoisotopic (exact) mass is 260 g/mol.